The Kier molecular flexibility index (Phi) is 8.28. The fourth-order valence-corrected chi connectivity index (χ4v) is 4.37. The SMILES string of the molecule is COc1cc(/C=C/C(=O)NCCNS(=O)(=O)c2cc(C)ccc2C)cc(Cl)c1OC. The molecule has 0 aliphatic heterocycles. The minimum absolute atomic E-state index is 0.0669. The number of halogens is 1. The van der Waals surface area contributed by atoms with Crippen molar-refractivity contribution in [2.75, 3.05) is 27.3 Å². The second kappa shape index (κ2) is 10.5. The number of carbonyl (C=O) groups excluding carboxylic acids is 1. The molecule has 0 fully saturated rings. The minimum Gasteiger partial charge on any atom is -0.493 e. The lowest BCUT2D eigenvalue weighted by molar-refractivity contribution is -0.116. The van der Waals surface area contributed by atoms with Gasteiger partial charge < -0.3 is 14.8 Å². The normalized spacial score (nSPS) is 11.5. The van der Waals surface area contributed by atoms with Crippen LogP contribution in [0.4, 0.5) is 0 Å². The fourth-order valence-electron chi connectivity index (χ4n) is 2.71. The molecule has 0 spiro atoms. The average Bonchev–Trinajstić information content (AvgIpc) is 2.70. The highest BCUT2D eigenvalue weighted by atomic mass is 35.5. The molecule has 30 heavy (non-hydrogen) atoms. The van der Waals surface area contributed by atoms with E-state index in [1.807, 2.05) is 13.0 Å². The van der Waals surface area contributed by atoms with Gasteiger partial charge in [-0.3, -0.25) is 4.79 Å². The number of rotatable bonds is 9. The van der Waals surface area contributed by atoms with E-state index >= 15 is 0 Å². The third-order valence-corrected chi connectivity index (χ3v) is 6.12. The van der Waals surface area contributed by atoms with Crippen LogP contribution in [0.25, 0.3) is 6.08 Å². The molecule has 0 saturated heterocycles. The van der Waals surface area contributed by atoms with Gasteiger partial charge in [0.25, 0.3) is 0 Å². The summed E-state index contributed by atoms with van der Waals surface area (Å²) in [6.45, 7) is 3.77. The van der Waals surface area contributed by atoms with Crippen molar-refractivity contribution in [3.05, 3.63) is 58.1 Å². The monoisotopic (exact) mass is 452 g/mol. The Morgan fingerprint density at radius 3 is 2.50 bits per heavy atom. The molecule has 9 heteroatoms. The summed E-state index contributed by atoms with van der Waals surface area (Å²) in [5, 5.41) is 2.99. The van der Waals surface area contributed by atoms with Crippen LogP contribution in [0.2, 0.25) is 5.02 Å². The first-order valence-corrected chi connectivity index (χ1v) is 11.0. The van der Waals surface area contributed by atoms with Gasteiger partial charge in [0.1, 0.15) is 0 Å². The highest BCUT2D eigenvalue weighted by Gasteiger charge is 2.16. The van der Waals surface area contributed by atoms with Crippen LogP contribution in [-0.2, 0) is 14.8 Å². The summed E-state index contributed by atoms with van der Waals surface area (Å²) in [5.74, 6) is 0.495. The maximum absolute atomic E-state index is 12.4. The lowest BCUT2D eigenvalue weighted by Gasteiger charge is -2.10. The van der Waals surface area contributed by atoms with Crippen LogP contribution in [0, 0.1) is 13.8 Å². The highest BCUT2D eigenvalue weighted by molar-refractivity contribution is 7.89. The maximum atomic E-state index is 12.4. The molecule has 7 nitrogen and oxygen atoms in total. The molecule has 162 valence electrons. The number of hydrogen-bond acceptors (Lipinski definition) is 5. The van der Waals surface area contributed by atoms with Crippen LogP contribution >= 0.6 is 11.6 Å². The summed E-state index contributed by atoms with van der Waals surface area (Å²) in [6, 6.07) is 8.56. The summed E-state index contributed by atoms with van der Waals surface area (Å²) in [5.41, 5.74) is 2.17. The lowest BCUT2D eigenvalue weighted by atomic mass is 10.2. The summed E-state index contributed by atoms with van der Waals surface area (Å²) in [7, 11) is -0.664. The van der Waals surface area contributed by atoms with Crippen LogP contribution in [0.5, 0.6) is 11.5 Å². The second-order valence-electron chi connectivity index (χ2n) is 6.53. The Morgan fingerprint density at radius 1 is 1.10 bits per heavy atom. The third-order valence-electron chi connectivity index (χ3n) is 4.23. The first kappa shape index (κ1) is 23.7. The zero-order valence-electron chi connectivity index (χ0n) is 17.3. The Hall–Kier alpha value is -2.55. The van der Waals surface area contributed by atoms with E-state index in [9.17, 15) is 13.2 Å². The average molecular weight is 453 g/mol. The number of nitrogens with one attached hydrogen (secondary N) is 2. The number of sulfonamides is 1. The molecule has 0 bridgehead atoms. The van der Waals surface area contributed by atoms with E-state index in [4.69, 9.17) is 21.1 Å². The van der Waals surface area contributed by atoms with Crippen molar-refractivity contribution in [3.63, 3.8) is 0 Å². The van der Waals surface area contributed by atoms with Crippen LogP contribution in [0.3, 0.4) is 0 Å². The largest absolute Gasteiger partial charge is 0.493 e. The predicted octanol–water partition coefficient (Wildman–Crippen LogP) is 3.08. The number of ether oxygens (including phenoxy) is 2. The molecule has 2 aromatic rings. The Morgan fingerprint density at radius 2 is 1.83 bits per heavy atom. The van der Waals surface area contributed by atoms with E-state index in [0.29, 0.717) is 27.6 Å². The predicted molar refractivity (Wildman–Crippen MR) is 118 cm³/mol. The standard InChI is InChI=1S/C21H25ClN2O5S/c1-14-5-6-15(2)19(11-14)30(26,27)24-10-9-23-20(25)8-7-16-12-17(22)21(29-4)18(13-16)28-3/h5-8,11-13,24H,9-10H2,1-4H3,(H,23,25)/b8-7+. The molecule has 0 aromatic heterocycles. The third kappa shape index (κ3) is 6.22. The zero-order valence-corrected chi connectivity index (χ0v) is 18.9. The number of benzene rings is 2. The van der Waals surface area contributed by atoms with Crippen molar-refractivity contribution in [3.8, 4) is 11.5 Å². The maximum Gasteiger partial charge on any atom is 0.244 e. The number of aryl methyl sites for hydroxylation is 2. The van der Waals surface area contributed by atoms with Crippen molar-refractivity contribution < 1.29 is 22.7 Å². The zero-order chi connectivity index (χ0) is 22.3. The number of methoxy groups -OCH3 is 2. The van der Waals surface area contributed by atoms with Gasteiger partial charge in [-0.05, 0) is 54.8 Å². The van der Waals surface area contributed by atoms with E-state index in [2.05, 4.69) is 10.0 Å². The molecular weight excluding hydrogens is 428 g/mol. The molecule has 0 aliphatic rings. The van der Waals surface area contributed by atoms with E-state index < -0.39 is 10.0 Å². The van der Waals surface area contributed by atoms with Gasteiger partial charge in [0.2, 0.25) is 15.9 Å². The molecule has 0 radical (unpaired) electrons. The van der Waals surface area contributed by atoms with Gasteiger partial charge in [0.05, 0.1) is 24.1 Å². The lowest BCUT2D eigenvalue weighted by Crippen LogP contribution is -2.34. The van der Waals surface area contributed by atoms with Gasteiger partial charge >= 0.3 is 0 Å². The first-order chi connectivity index (χ1) is 14.2. The van der Waals surface area contributed by atoms with Crippen LogP contribution in [0.1, 0.15) is 16.7 Å². The fraction of sp³-hybridized carbons (Fsp3) is 0.286. The molecule has 0 atom stereocenters. The quantitative estimate of drug-likeness (QED) is 0.450. The van der Waals surface area contributed by atoms with Crippen molar-refractivity contribution in [1.82, 2.24) is 10.0 Å². The Bertz CT molecular complexity index is 1050. The van der Waals surface area contributed by atoms with Crippen molar-refractivity contribution >= 4 is 33.6 Å². The second-order valence-corrected chi connectivity index (χ2v) is 8.67. The Balaban J connectivity index is 1.91. The smallest absolute Gasteiger partial charge is 0.244 e. The summed E-state index contributed by atoms with van der Waals surface area (Å²) in [6.07, 6.45) is 2.90. The van der Waals surface area contributed by atoms with Crippen molar-refractivity contribution in [1.29, 1.82) is 0 Å². The van der Waals surface area contributed by atoms with Crippen LogP contribution in [0.15, 0.2) is 41.3 Å². The minimum atomic E-state index is -3.65. The number of hydrogen-bond donors (Lipinski definition) is 2. The summed E-state index contributed by atoms with van der Waals surface area (Å²) < 4.78 is 37.7. The molecule has 0 unspecified atom stereocenters. The number of amides is 1. The van der Waals surface area contributed by atoms with Crippen molar-refractivity contribution in [2.45, 2.75) is 18.7 Å². The van der Waals surface area contributed by atoms with Crippen molar-refractivity contribution in [2.24, 2.45) is 0 Å². The summed E-state index contributed by atoms with van der Waals surface area (Å²) in [4.78, 5) is 12.2. The summed E-state index contributed by atoms with van der Waals surface area (Å²) >= 11 is 6.14. The molecule has 2 aromatic carbocycles. The molecular formula is C21H25ClN2O5S. The van der Waals surface area contributed by atoms with E-state index in [-0.39, 0.29) is 23.9 Å². The molecule has 0 heterocycles. The molecule has 0 saturated carbocycles. The molecule has 0 aliphatic carbocycles. The van der Waals surface area contributed by atoms with E-state index in [1.54, 1.807) is 37.3 Å². The van der Waals surface area contributed by atoms with Gasteiger partial charge in [0.15, 0.2) is 11.5 Å². The van der Waals surface area contributed by atoms with E-state index in [1.165, 1.54) is 20.3 Å². The van der Waals surface area contributed by atoms with Crippen LogP contribution < -0.4 is 19.5 Å². The molecule has 2 rings (SSSR count). The van der Waals surface area contributed by atoms with Gasteiger partial charge in [0, 0.05) is 19.2 Å². The van der Waals surface area contributed by atoms with E-state index in [0.717, 1.165) is 5.56 Å². The van der Waals surface area contributed by atoms with Gasteiger partial charge in [-0.1, -0.05) is 23.7 Å². The number of carbonyl (C=O) groups is 1. The molecule has 1 amide bonds. The van der Waals surface area contributed by atoms with Gasteiger partial charge in [-0.15, -0.1) is 0 Å². The van der Waals surface area contributed by atoms with Gasteiger partial charge in [-0.2, -0.15) is 0 Å². The molecule has 2 N–H and O–H groups in total. The highest BCUT2D eigenvalue weighted by Crippen LogP contribution is 2.36. The Labute approximate surface area is 182 Å². The van der Waals surface area contributed by atoms with Gasteiger partial charge in [-0.25, -0.2) is 13.1 Å². The van der Waals surface area contributed by atoms with Crippen LogP contribution in [-0.4, -0.2) is 41.6 Å². The first-order valence-electron chi connectivity index (χ1n) is 9.12. The topological polar surface area (TPSA) is 93.7 Å².